The lowest BCUT2D eigenvalue weighted by Crippen LogP contribution is -2.39. The second kappa shape index (κ2) is 11.7. The number of ether oxygens (including phenoxy) is 2. The van der Waals surface area contributed by atoms with Crippen LogP contribution in [0, 0.1) is 0 Å². The molecule has 0 aromatic heterocycles. The van der Waals surface area contributed by atoms with Crippen LogP contribution in [0.15, 0.2) is 48.5 Å². The van der Waals surface area contributed by atoms with Gasteiger partial charge in [0.2, 0.25) is 11.8 Å². The van der Waals surface area contributed by atoms with Crippen molar-refractivity contribution in [2.45, 2.75) is 45.8 Å². The van der Waals surface area contributed by atoms with Gasteiger partial charge in [-0.05, 0) is 56.5 Å². The van der Waals surface area contributed by atoms with Gasteiger partial charge >= 0.3 is 6.09 Å². The molecule has 0 atom stereocenters. The molecule has 0 fully saturated rings. The monoisotopic (exact) mass is 441 g/mol. The SMILES string of the molecule is COc1cccc(CCC(=O)Nc2ccccc2CNC(=O)CNC(=O)OC(C)(C)C)c1. The second-order valence-corrected chi connectivity index (χ2v) is 8.19. The van der Waals surface area contributed by atoms with Gasteiger partial charge in [0.05, 0.1) is 7.11 Å². The number of hydrogen-bond donors (Lipinski definition) is 3. The predicted octanol–water partition coefficient (Wildman–Crippen LogP) is 3.41. The van der Waals surface area contributed by atoms with E-state index in [9.17, 15) is 14.4 Å². The second-order valence-electron chi connectivity index (χ2n) is 8.19. The highest BCUT2D eigenvalue weighted by molar-refractivity contribution is 5.91. The van der Waals surface area contributed by atoms with E-state index in [1.165, 1.54) is 0 Å². The number of hydrogen-bond acceptors (Lipinski definition) is 5. The van der Waals surface area contributed by atoms with E-state index in [0.717, 1.165) is 16.9 Å². The number of amides is 3. The van der Waals surface area contributed by atoms with E-state index in [-0.39, 0.29) is 24.9 Å². The Morgan fingerprint density at radius 2 is 1.69 bits per heavy atom. The first-order valence-electron chi connectivity index (χ1n) is 10.4. The number of nitrogens with one attached hydrogen (secondary N) is 3. The topological polar surface area (TPSA) is 106 Å². The Balaban J connectivity index is 1.83. The molecule has 0 radical (unpaired) electrons. The summed E-state index contributed by atoms with van der Waals surface area (Å²) in [6.07, 6.45) is 0.239. The minimum Gasteiger partial charge on any atom is -0.497 e. The summed E-state index contributed by atoms with van der Waals surface area (Å²) in [6, 6.07) is 14.8. The maximum Gasteiger partial charge on any atom is 0.408 e. The Morgan fingerprint density at radius 1 is 0.938 bits per heavy atom. The molecular weight excluding hydrogens is 410 g/mol. The normalized spacial score (nSPS) is 10.8. The van der Waals surface area contributed by atoms with Gasteiger partial charge in [-0.1, -0.05) is 30.3 Å². The van der Waals surface area contributed by atoms with Crippen LogP contribution in [-0.4, -0.2) is 37.2 Å². The van der Waals surface area contributed by atoms with Crippen LogP contribution in [-0.2, 0) is 27.3 Å². The number of methoxy groups -OCH3 is 1. The Bertz CT molecular complexity index is 937. The number of benzene rings is 2. The molecule has 3 N–H and O–H groups in total. The highest BCUT2D eigenvalue weighted by Gasteiger charge is 2.16. The largest absolute Gasteiger partial charge is 0.497 e. The first-order chi connectivity index (χ1) is 15.2. The summed E-state index contributed by atoms with van der Waals surface area (Å²) in [5.74, 6) is 0.262. The molecule has 0 aliphatic carbocycles. The van der Waals surface area contributed by atoms with Crippen LogP contribution in [0.25, 0.3) is 0 Å². The Kier molecular flexibility index (Phi) is 9.07. The van der Waals surface area contributed by atoms with Crippen LogP contribution in [0.2, 0.25) is 0 Å². The van der Waals surface area contributed by atoms with Crippen molar-refractivity contribution >= 4 is 23.6 Å². The first-order valence-corrected chi connectivity index (χ1v) is 10.4. The van der Waals surface area contributed by atoms with Crippen LogP contribution >= 0.6 is 0 Å². The standard InChI is InChI=1S/C24H31N3O5/c1-24(2,3)32-23(30)26-16-22(29)25-15-18-9-5-6-11-20(18)27-21(28)13-12-17-8-7-10-19(14-17)31-4/h5-11,14H,12-13,15-16H2,1-4H3,(H,25,29)(H,26,30)(H,27,28). The molecule has 0 aliphatic heterocycles. The van der Waals surface area contributed by atoms with Gasteiger partial charge in [-0.15, -0.1) is 0 Å². The molecule has 0 spiro atoms. The summed E-state index contributed by atoms with van der Waals surface area (Å²) in [7, 11) is 1.61. The van der Waals surface area contributed by atoms with Gasteiger partial charge in [0.15, 0.2) is 0 Å². The highest BCUT2D eigenvalue weighted by Crippen LogP contribution is 2.17. The lowest BCUT2D eigenvalue weighted by molar-refractivity contribution is -0.120. The molecule has 0 saturated carbocycles. The van der Waals surface area contributed by atoms with Crippen LogP contribution in [0.5, 0.6) is 5.75 Å². The fourth-order valence-corrected chi connectivity index (χ4v) is 2.82. The molecule has 0 saturated heterocycles. The Morgan fingerprint density at radius 3 is 2.41 bits per heavy atom. The van der Waals surface area contributed by atoms with Crippen molar-refractivity contribution in [1.82, 2.24) is 10.6 Å². The molecule has 8 nitrogen and oxygen atoms in total. The number of carbonyl (C=O) groups excluding carboxylic acids is 3. The van der Waals surface area contributed by atoms with Gasteiger partial charge in [-0.25, -0.2) is 4.79 Å². The zero-order valence-corrected chi connectivity index (χ0v) is 19.0. The number of alkyl carbamates (subject to hydrolysis) is 1. The lowest BCUT2D eigenvalue weighted by Gasteiger charge is -2.19. The van der Waals surface area contributed by atoms with Gasteiger partial charge in [0.25, 0.3) is 0 Å². The summed E-state index contributed by atoms with van der Waals surface area (Å²) in [5, 5.41) is 8.04. The molecular formula is C24H31N3O5. The summed E-state index contributed by atoms with van der Waals surface area (Å²) in [4.78, 5) is 36.1. The highest BCUT2D eigenvalue weighted by atomic mass is 16.6. The molecule has 0 aliphatic rings. The number of para-hydroxylation sites is 1. The Labute approximate surface area is 188 Å². The van der Waals surface area contributed by atoms with Crippen molar-refractivity contribution in [3.8, 4) is 5.75 Å². The van der Waals surface area contributed by atoms with Crippen molar-refractivity contribution in [2.75, 3.05) is 19.0 Å². The Hall–Kier alpha value is -3.55. The van der Waals surface area contributed by atoms with Gasteiger partial charge in [0, 0.05) is 18.7 Å². The predicted molar refractivity (Wildman–Crippen MR) is 122 cm³/mol. The number of rotatable bonds is 9. The molecule has 32 heavy (non-hydrogen) atoms. The molecule has 172 valence electrons. The third kappa shape index (κ3) is 9.07. The van der Waals surface area contributed by atoms with Crippen LogP contribution < -0.4 is 20.7 Å². The maximum atomic E-state index is 12.4. The number of anilines is 1. The van der Waals surface area contributed by atoms with Crippen LogP contribution in [0.1, 0.15) is 38.3 Å². The van der Waals surface area contributed by atoms with Crippen molar-refractivity contribution < 1.29 is 23.9 Å². The smallest absolute Gasteiger partial charge is 0.408 e. The first kappa shape index (κ1) is 24.7. The minimum atomic E-state index is -0.656. The summed E-state index contributed by atoms with van der Waals surface area (Å²) >= 11 is 0. The number of carbonyl (C=O) groups is 3. The molecule has 2 rings (SSSR count). The van der Waals surface area contributed by atoms with Crippen LogP contribution in [0.4, 0.5) is 10.5 Å². The van der Waals surface area contributed by atoms with E-state index in [2.05, 4.69) is 16.0 Å². The summed E-state index contributed by atoms with van der Waals surface area (Å²) in [5.41, 5.74) is 1.76. The van der Waals surface area contributed by atoms with Crippen molar-refractivity contribution in [2.24, 2.45) is 0 Å². The summed E-state index contributed by atoms with van der Waals surface area (Å²) < 4.78 is 10.3. The van der Waals surface area contributed by atoms with E-state index in [4.69, 9.17) is 9.47 Å². The minimum absolute atomic E-state index is 0.127. The fourth-order valence-electron chi connectivity index (χ4n) is 2.82. The van der Waals surface area contributed by atoms with E-state index < -0.39 is 11.7 Å². The molecule has 2 aromatic rings. The van der Waals surface area contributed by atoms with E-state index in [1.807, 2.05) is 42.5 Å². The summed E-state index contributed by atoms with van der Waals surface area (Å²) in [6.45, 7) is 5.24. The lowest BCUT2D eigenvalue weighted by atomic mass is 10.1. The van der Waals surface area contributed by atoms with E-state index in [0.29, 0.717) is 18.5 Å². The number of aryl methyl sites for hydroxylation is 1. The maximum absolute atomic E-state index is 12.4. The van der Waals surface area contributed by atoms with Gasteiger partial charge in [-0.3, -0.25) is 9.59 Å². The van der Waals surface area contributed by atoms with Crippen molar-refractivity contribution in [3.05, 3.63) is 59.7 Å². The molecule has 2 aromatic carbocycles. The molecule has 3 amide bonds. The fraction of sp³-hybridized carbons (Fsp3) is 0.375. The van der Waals surface area contributed by atoms with E-state index >= 15 is 0 Å². The van der Waals surface area contributed by atoms with E-state index in [1.54, 1.807) is 33.9 Å². The molecule has 0 unspecified atom stereocenters. The molecule has 0 heterocycles. The average Bonchev–Trinajstić information content (AvgIpc) is 2.74. The van der Waals surface area contributed by atoms with Crippen molar-refractivity contribution in [3.63, 3.8) is 0 Å². The van der Waals surface area contributed by atoms with Gasteiger partial charge in [-0.2, -0.15) is 0 Å². The molecule has 8 heteroatoms. The van der Waals surface area contributed by atoms with Gasteiger partial charge in [0.1, 0.15) is 17.9 Å². The van der Waals surface area contributed by atoms with Crippen LogP contribution in [0.3, 0.4) is 0 Å². The third-order valence-corrected chi connectivity index (χ3v) is 4.33. The average molecular weight is 442 g/mol. The zero-order chi connectivity index (χ0) is 23.6. The van der Waals surface area contributed by atoms with Crippen molar-refractivity contribution in [1.29, 1.82) is 0 Å². The van der Waals surface area contributed by atoms with Gasteiger partial charge < -0.3 is 25.4 Å². The third-order valence-electron chi connectivity index (χ3n) is 4.33. The molecule has 0 bridgehead atoms. The quantitative estimate of drug-likeness (QED) is 0.553. The zero-order valence-electron chi connectivity index (χ0n) is 19.0.